The van der Waals surface area contributed by atoms with Crippen molar-refractivity contribution < 1.29 is 33.2 Å². The van der Waals surface area contributed by atoms with Gasteiger partial charge < -0.3 is 33.3 Å². The molecule has 1 aliphatic heterocycles. The molecule has 9 nitrogen and oxygen atoms in total. The number of likely N-dealkylation sites (N-methyl/N-ethyl adjacent to an activating group) is 1. The number of carbonyl (C=O) groups excluding carboxylic acids is 1. The first kappa shape index (κ1) is 25.1. The molecule has 2 aromatic rings. The van der Waals surface area contributed by atoms with Gasteiger partial charge in [-0.05, 0) is 17.7 Å². The molecule has 1 fully saturated rings. The summed E-state index contributed by atoms with van der Waals surface area (Å²) in [6, 6.07) is 15.5. The fraction of sp³-hybridized carbons (Fsp3) is 0.500. The van der Waals surface area contributed by atoms with Crippen LogP contribution in [0.3, 0.4) is 0 Å². The van der Waals surface area contributed by atoms with E-state index in [9.17, 15) is 4.79 Å². The zero-order valence-electron chi connectivity index (χ0n) is 19.6. The minimum absolute atomic E-state index is 0.421. The molecule has 1 aromatic carbocycles. The van der Waals surface area contributed by atoms with Crippen LogP contribution in [-0.2, 0) is 33.2 Å². The maximum absolute atomic E-state index is 12.5. The van der Waals surface area contributed by atoms with Gasteiger partial charge in [-0.2, -0.15) is 0 Å². The van der Waals surface area contributed by atoms with E-state index in [1.807, 2.05) is 60.5 Å². The summed E-state index contributed by atoms with van der Waals surface area (Å²) in [5.74, 6) is 0.227. The van der Waals surface area contributed by atoms with E-state index >= 15 is 0 Å². The quantitative estimate of drug-likeness (QED) is 0.495. The van der Waals surface area contributed by atoms with Crippen molar-refractivity contribution in [3.8, 4) is 0 Å². The Hall–Kier alpha value is -2.56. The number of pyridine rings is 1. The number of methoxy groups -OCH3 is 4. The van der Waals surface area contributed by atoms with Crippen LogP contribution in [0, 0.1) is 0 Å². The second-order valence-electron chi connectivity index (χ2n) is 7.65. The van der Waals surface area contributed by atoms with E-state index in [0.717, 1.165) is 11.4 Å². The van der Waals surface area contributed by atoms with E-state index in [4.69, 9.17) is 28.4 Å². The number of ether oxygens (including phenoxy) is 6. The SMILES string of the molecule is COC(=O)C1OC(OC(CN(C)c2ccccn2)c2ccccc2)C(OC)C(OC)C1OC. The van der Waals surface area contributed by atoms with E-state index < -0.39 is 42.8 Å². The van der Waals surface area contributed by atoms with Crippen molar-refractivity contribution in [2.24, 2.45) is 0 Å². The number of benzene rings is 1. The number of rotatable bonds is 10. The number of carbonyl (C=O) groups is 1. The molecule has 6 atom stereocenters. The number of aromatic nitrogens is 1. The van der Waals surface area contributed by atoms with Crippen molar-refractivity contribution in [1.29, 1.82) is 0 Å². The molecule has 0 radical (unpaired) electrons. The van der Waals surface area contributed by atoms with Gasteiger partial charge in [0.1, 0.15) is 30.2 Å². The molecule has 33 heavy (non-hydrogen) atoms. The molecule has 0 N–H and O–H groups in total. The summed E-state index contributed by atoms with van der Waals surface area (Å²) in [5, 5.41) is 0. The fourth-order valence-electron chi connectivity index (χ4n) is 3.98. The molecular formula is C24H32N2O7. The molecule has 180 valence electrons. The zero-order chi connectivity index (χ0) is 23.8. The third kappa shape index (κ3) is 5.87. The highest BCUT2D eigenvalue weighted by molar-refractivity contribution is 5.75. The summed E-state index contributed by atoms with van der Waals surface area (Å²) in [7, 11) is 7.79. The van der Waals surface area contributed by atoms with Gasteiger partial charge in [-0.3, -0.25) is 0 Å². The van der Waals surface area contributed by atoms with Crippen LogP contribution in [0.5, 0.6) is 0 Å². The third-order valence-electron chi connectivity index (χ3n) is 5.69. The molecule has 1 aromatic heterocycles. The normalized spacial score (nSPS) is 25.9. The Morgan fingerprint density at radius 3 is 2.21 bits per heavy atom. The molecule has 1 aliphatic rings. The van der Waals surface area contributed by atoms with Crippen molar-refractivity contribution in [3.05, 3.63) is 60.3 Å². The Bertz CT molecular complexity index is 854. The molecule has 0 amide bonds. The standard InChI is InChI=1S/C24H32N2O7/c1-26(18-13-9-10-14-25-18)15-17(16-11-7-6-8-12-16)32-24-22(30-4)20(29-3)19(28-2)21(33-24)23(27)31-5/h6-14,17,19-22,24H,15H2,1-5H3. The zero-order valence-corrected chi connectivity index (χ0v) is 19.6. The first-order valence-corrected chi connectivity index (χ1v) is 10.7. The molecule has 1 saturated heterocycles. The van der Waals surface area contributed by atoms with E-state index in [0.29, 0.717) is 6.54 Å². The molecule has 0 bridgehead atoms. The largest absolute Gasteiger partial charge is 0.467 e. The van der Waals surface area contributed by atoms with E-state index in [-0.39, 0.29) is 0 Å². The van der Waals surface area contributed by atoms with Crippen LogP contribution in [0.25, 0.3) is 0 Å². The van der Waals surface area contributed by atoms with E-state index in [1.165, 1.54) is 21.3 Å². The maximum Gasteiger partial charge on any atom is 0.337 e. The maximum atomic E-state index is 12.5. The van der Waals surface area contributed by atoms with Crippen LogP contribution in [0.4, 0.5) is 5.82 Å². The summed E-state index contributed by atoms with van der Waals surface area (Å²) < 4.78 is 34.3. The Labute approximate surface area is 194 Å². The average Bonchev–Trinajstić information content (AvgIpc) is 2.87. The highest BCUT2D eigenvalue weighted by Gasteiger charge is 2.51. The van der Waals surface area contributed by atoms with Gasteiger partial charge >= 0.3 is 5.97 Å². The smallest absolute Gasteiger partial charge is 0.337 e. The van der Waals surface area contributed by atoms with E-state index in [2.05, 4.69) is 4.98 Å². The minimum Gasteiger partial charge on any atom is -0.467 e. The molecule has 2 heterocycles. The number of anilines is 1. The Balaban J connectivity index is 1.89. The van der Waals surface area contributed by atoms with Crippen LogP contribution >= 0.6 is 0 Å². The fourth-order valence-corrected chi connectivity index (χ4v) is 3.98. The Morgan fingerprint density at radius 1 is 0.970 bits per heavy atom. The van der Waals surface area contributed by atoms with Gasteiger partial charge in [-0.15, -0.1) is 0 Å². The molecule has 0 spiro atoms. The minimum atomic E-state index is -1.04. The van der Waals surface area contributed by atoms with Crippen LogP contribution < -0.4 is 4.90 Å². The lowest BCUT2D eigenvalue weighted by Crippen LogP contribution is -2.62. The lowest BCUT2D eigenvalue weighted by Gasteiger charge is -2.44. The summed E-state index contributed by atoms with van der Waals surface area (Å²) >= 11 is 0. The van der Waals surface area contributed by atoms with Gasteiger partial charge in [-0.1, -0.05) is 36.4 Å². The van der Waals surface area contributed by atoms with Gasteiger partial charge in [0.05, 0.1) is 7.11 Å². The summed E-state index contributed by atoms with van der Waals surface area (Å²) in [6.45, 7) is 0.478. The monoisotopic (exact) mass is 460 g/mol. The molecule has 6 unspecified atom stereocenters. The van der Waals surface area contributed by atoms with Crippen molar-refractivity contribution in [3.63, 3.8) is 0 Å². The van der Waals surface area contributed by atoms with Gasteiger partial charge in [0, 0.05) is 41.1 Å². The van der Waals surface area contributed by atoms with E-state index in [1.54, 1.807) is 13.3 Å². The summed E-state index contributed by atoms with van der Waals surface area (Å²) in [4.78, 5) is 18.9. The van der Waals surface area contributed by atoms with Crippen LogP contribution in [0.2, 0.25) is 0 Å². The molecule has 3 rings (SSSR count). The number of hydrogen-bond acceptors (Lipinski definition) is 9. The number of nitrogens with zero attached hydrogens (tertiary/aromatic N) is 2. The first-order valence-electron chi connectivity index (χ1n) is 10.7. The number of esters is 1. The Kier molecular flexibility index (Phi) is 9.16. The molecular weight excluding hydrogens is 428 g/mol. The molecule has 0 saturated carbocycles. The Morgan fingerprint density at radius 2 is 1.64 bits per heavy atom. The number of hydrogen-bond donors (Lipinski definition) is 0. The summed E-state index contributed by atoms with van der Waals surface area (Å²) in [6.07, 6.45) is -2.62. The predicted molar refractivity (Wildman–Crippen MR) is 121 cm³/mol. The first-order chi connectivity index (χ1) is 16.0. The van der Waals surface area contributed by atoms with Crippen molar-refractivity contribution in [2.45, 2.75) is 36.8 Å². The van der Waals surface area contributed by atoms with Crippen LogP contribution in [0.15, 0.2) is 54.7 Å². The van der Waals surface area contributed by atoms with Crippen molar-refractivity contribution in [1.82, 2.24) is 4.98 Å². The average molecular weight is 461 g/mol. The second kappa shape index (κ2) is 12.1. The highest BCUT2D eigenvalue weighted by atomic mass is 16.7. The van der Waals surface area contributed by atoms with Crippen LogP contribution in [0.1, 0.15) is 11.7 Å². The van der Waals surface area contributed by atoms with Gasteiger partial charge in [0.15, 0.2) is 12.4 Å². The second-order valence-corrected chi connectivity index (χ2v) is 7.65. The van der Waals surface area contributed by atoms with Crippen LogP contribution in [-0.4, -0.2) is 83.7 Å². The third-order valence-corrected chi connectivity index (χ3v) is 5.69. The summed E-state index contributed by atoms with van der Waals surface area (Å²) in [5.41, 5.74) is 0.941. The van der Waals surface area contributed by atoms with Crippen molar-refractivity contribution >= 4 is 11.8 Å². The lowest BCUT2D eigenvalue weighted by atomic mass is 9.97. The topological polar surface area (TPSA) is 88.6 Å². The van der Waals surface area contributed by atoms with Gasteiger partial charge in [-0.25, -0.2) is 9.78 Å². The molecule has 9 heteroatoms. The predicted octanol–water partition coefficient (Wildman–Crippen LogP) is 2.22. The van der Waals surface area contributed by atoms with Crippen molar-refractivity contribution in [2.75, 3.05) is 46.9 Å². The van der Waals surface area contributed by atoms with Gasteiger partial charge in [0.2, 0.25) is 0 Å². The molecule has 0 aliphatic carbocycles. The lowest BCUT2D eigenvalue weighted by molar-refractivity contribution is -0.315. The highest BCUT2D eigenvalue weighted by Crippen LogP contribution is 2.32. The van der Waals surface area contributed by atoms with Gasteiger partial charge in [0.25, 0.3) is 0 Å².